The van der Waals surface area contributed by atoms with Crippen LogP contribution in [0.5, 0.6) is 0 Å². The van der Waals surface area contributed by atoms with E-state index in [-0.39, 0.29) is 0 Å². The number of unbranched alkanes of at least 4 members (excludes halogenated alkanes) is 1. The van der Waals surface area contributed by atoms with E-state index < -0.39 is 0 Å². The lowest BCUT2D eigenvalue weighted by atomic mass is 10.0. The summed E-state index contributed by atoms with van der Waals surface area (Å²) in [4.78, 5) is 4.82. The molecular weight excluding hydrogens is 254 g/mol. The molecular formula is C17H16ClN. The minimum absolute atomic E-state index is 0.747. The van der Waals surface area contributed by atoms with Gasteiger partial charge < -0.3 is 0 Å². The Morgan fingerprint density at radius 3 is 2.58 bits per heavy atom. The average Bonchev–Trinajstić information content (AvgIpc) is 2.44. The summed E-state index contributed by atoms with van der Waals surface area (Å²) >= 11 is 6.09. The summed E-state index contributed by atoms with van der Waals surface area (Å²) in [6, 6.07) is 14.5. The Hall–Kier alpha value is -1.60. The molecule has 0 aliphatic carbocycles. The molecule has 0 aliphatic heterocycles. The number of benzene rings is 2. The van der Waals surface area contributed by atoms with Crippen LogP contribution in [0.15, 0.2) is 42.5 Å². The van der Waals surface area contributed by atoms with Crippen molar-refractivity contribution in [3.05, 3.63) is 53.2 Å². The Balaban J connectivity index is 2.32. The Morgan fingerprint density at radius 1 is 1.00 bits per heavy atom. The molecule has 0 amide bonds. The zero-order valence-electron chi connectivity index (χ0n) is 11.0. The molecule has 0 aliphatic rings. The number of fused-ring (bicyclic) bond motifs is 3. The second-order valence-electron chi connectivity index (χ2n) is 4.87. The van der Waals surface area contributed by atoms with E-state index in [1.165, 1.54) is 34.7 Å². The number of hydrogen-bond donors (Lipinski definition) is 0. The summed E-state index contributed by atoms with van der Waals surface area (Å²) < 4.78 is 0. The Labute approximate surface area is 118 Å². The van der Waals surface area contributed by atoms with E-state index in [2.05, 4.69) is 37.3 Å². The summed E-state index contributed by atoms with van der Waals surface area (Å²) in [7, 11) is 0. The number of aromatic nitrogens is 1. The van der Waals surface area contributed by atoms with Crippen molar-refractivity contribution in [2.24, 2.45) is 0 Å². The van der Waals surface area contributed by atoms with Gasteiger partial charge in [-0.05, 0) is 30.4 Å². The molecule has 0 saturated heterocycles. The third-order valence-corrected chi connectivity index (χ3v) is 3.75. The van der Waals surface area contributed by atoms with Crippen LogP contribution in [0.1, 0.15) is 25.5 Å². The highest BCUT2D eigenvalue weighted by Gasteiger charge is 2.07. The van der Waals surface area contributed by atoms with Gasteiger partial charge in [-0.2, -0.15) is 0 Å². The number of hydrogen-bond acceptors (Lipinski definition) is 1. The smallest absolute Gasteiger partial charge is 0.0726 e. The molecule has 0 fully saturated rings. The maximum atomic E-state index is 6.09. The van der Waals surface area contributed by atoms with Crippen LogP contribution in [0.25, 0.3) is 21.7 Å². The summed E-state index contributed by atoms with van der Waals surface area (Å²) in [5.41, 5.74) is 2.18. The quantitative estimate of drug-likeness (QED) is 0.582. The zero-order valence-corrected chi connectivity index (χ0v) is 11.7. The lowest BCUT2D eigenvalue weighted by Gasteiger charge is -2.09. The van der Waals surface area contributed by atoms with Crippen LogP contribution in [0.4, 0.5) is 0 Å². The van der Waals surface area contributed by atoms with Crippen molar-refractivity contribution in [1.82, 2.24) is 4.98 Å². The Bertz CT molecular complexity index is 734. The highest BCUT2D eigenvalue weighted by atomic mass is 35.5. The van der Waals surface area contributed by atoms with Gasteiger partial charge in [0.05, 0.1) is 5.52 Å². The lowest BCUT2D eigenvalue weighted by Crippen LogP contribution is -1.94. The molecule has 0 radical (unpaired) electrons. The van der Waals surface area contributed by atoms with E-state index in [4.69, 9.17) is 16.6 Å². The summed E-state index contributed by atoms with van der Waals surface area (Å²) in [5.74, 6) is 0. The molecule has 2 heteroatoms. The van der Waals surface area contributed by atoms with E-state index in [0.29, 0.717) is 0 Å². The fourth-order valence-corrected chi connectivity index (χ4v) is 2.70. The normalized spacial score (nSPS) is 11.3. The molecule has 0 atom stereocenters. The zero-order chi connectivity index (χ0) is 13.2. The van der Waals surface area contributed by atoms with Crippen molar-refractivity contribution in [2.75, 3.05) is 0 Å². The minimum atomic E-state index is 0.747. The molecule has 0 N–H and O–H groups in total. The fraction of sp³-hybridized carbons (Fsp3) is 0.235. The van der Waals surface area contributed by atoms with Crippen molar-refractivity contribution in [3.63, 3.8) is 0 Å². The monoisotopic (exact) mass is 269 g/mol. The van der Waals surface area contributed by atoms with Crippen molar-refractivity contribution in [2.45, 2.75) is 26.2 Å². The van der Waals surface area contributed by atoms with Gasteiger partial charge in [0, 0.05) is 21.5 Å². The summed E-state index contributed by atoms with van der Waals surface area (Å²) in [6.07, 6.45) is 3.38. The maximum absolute atomic E-state index is 6.09. The predicted octanol–water partition coefficient (Wildman–Crippen LogP) is 5.38. The third-order valence-electron chi connectivity index (χ3n) is 3.51. The molecule has 0 unspecified atom stereocenters. The Morgan fingerprint density at radius 2 is 1.79 bits per heavy atom. The van der Waals surface area contributed by atoms with Gasteiger partial charge in [0.25, 0.3) is 0 Å². The topological polar surface area (TPSA) is 12.9 Å². The maximum Gasteiger partial charge on any atom is 0.0726 e. The van der Waals surface area contributed by atoms with E-state index in [1.807, 2.05) is 12.1 Å². The molecule has 3 aromatic rings. The van der Waals surface area contributed by atoms with Crippen molar-refractivity contribution < 1.29 is 0 Å². The molecule has 1 aromatic heterocycles. The van der Waals surface area contributed by atoms with Crippen LogP contribution in [0.3, 0.4) is 0 Å². The van der Waals surface area contributed by atoms with Gasteiger partial charge in [0.15, 0.2) is 0 Å². The Kier molecular flexibility index (Phi) is 3.39. The van der Waals surface area contributed by atoms with Crippen molar-refractivity contribution >= 4 is 33.3 Å². The summed E-state index contributed by atoms with van der Waals surface area (Å²) in [5, 5.41) is 4.47. The second kappa shape index (κ2) is 5.18. The van der Waals surface area contributed by atoms with Gasteiger partial charge >= 0.3 is 0 Å². The highest BCUT2D eigenvalue weighted by Crippen LogP contribution is 2.28. The number of pyridine rings is 1. The first-order chi connectivity index (χ1) is 9.29. The second-order valence-corrected chi connectivity index (χ2v) is 5.31. The molecule has 96 valence electrons. The van der Waals surface area contributed by atoms with Crippen LogP contribution in [-0.2, 0) is 6.42 Å². The van der Waals surface area contributed by atoms with Gasteiger partial charge in [-0.25, -0.2) is 0 Å². The molecule has 19 heavy (non-hydrogen) atoms. The van der Waals surface area contributed by atoms with Crippen LogP contribution >= 0.6 is 11.6 Å². The van der Waals surface area contributed by atoms with Crippen LogP contribution < -0.4 is 0 Å². The van der Waals surface area contributed by atoms with Crippen LogP contribution in [-0.4, -0.2) is 4.98 Å². The van der Waals surface area contributed by atoms with E-state index in [9.17, 15) is 0 Å². The molecule has 2 aromatic carbocycles. The summed E-state index contributed by atoms with van der Waals surface area (Å²) in [6.45, 7) is 2.21. The number of nitrogens with zero attached hydrogens (tertiary/aromatic N) is 1. The minimum Gasteiger partial charge on any atom is -0.252 e. The first kappa shape index (κ1) is 12.4. The third kappa shape index (κ3) is 2.31. The first-order valence-electron chi connectivity index (χ1n) is 6.76. The van der Waals surface area contributed by atoms with Gasteiger partial charge in [-0.3, -0.25) is 4.98 Å². The largest absolute Gasteiger partial charge is 0.252 e. The highest BCUT2D eigenvalue weighted by molar-refractivity contribution is 6.31. The molecule has 1 heterocycles. The molecule has 0 saturated carbocycles. The molecule has 3 rings (SSSR count). The van der Waals surface area contributed by atoms with Crippen molar-refractivity contribution in [3.8, 4) is 0 Å². The SMILES string of the molecule is CCCCc1nc2cc(Cl)ccc2c2ccccc12. The van der Waals surface area contributed by atoms with Gasteiger partial charge in [-0.15, -0.1) is 0 Å². The van der Waals surface area contributed by atoms with Crippen molar-refractivity contribution in [1.29, 1.82) is 0 Å². The first-order valence-corrected chi connectivity index (χ1v) is 7.14. The number of rotatable bonds is 3. The van der Waals surface area contributed by atoms with Gasteiger partial charge in [0.2, 0.25) is 0 Å². The van der Waals surface area contributed by atoms with Crippen LogP contribution in [0.2, 0.25) is 5.02 Å². The fourth-order valence-electron chi connectivity index (χ4n) is 2.54. The molecule has 0 spiro atoms. The average molecular weight is 270 g/mol. The molecule has 1 nitrogen and oxygen atoms in total. The van der Waals surface area contributed by atoms with Gasteiger partial charge in [0.1, 0.15) is 0 Å². The predicted molar refractivity (Wildman–Crippen MR) is 82.9 cm³/mol. The van der Waals surface area contributed by atoms with Crippen LogP contribution in [0, 0.1) is 0 Å². The molecule has 0 bridgehead atoms. The van der Waals surface area contributed by atoms with E-state index in [0.717, 1.165) is 17.0 Å². The van der Waals surface area contributed by atoms with Gasteiger partial charge in [-0.1, -0.05) is 55.3 Å². The number of halogens is 1. The lowest BCUT2D eigenvalue weighted by molar-refractivity contribution is 0.785. The number of aryl methyl sites for hydroxylation is 1. The standard InChI is InChI=1S/C17H16ClN/c1-2-3-8-16-14-7-5-4-6-13(14)15-10-9-12(18)11-17(15)19-16/h4-7,9-11H,2-3,8H2,1H3. The van der Waals surface area contributed by atoms with E-state index in [1.54, 1.807) is 0 Å². The van der Waals surface area contributed by atoms with E-state index >= 15 is 0 Å².